The first kappa shape index (κ1) is 36.4. The van der Waals surface area contributed by atoms with Crippen LogP contribution in [0.4, 0.5) is 0 Å². The maximum Gasteiger partial charge on any atom is 0.343 e. The summed E-state index contributed by atoms with van der Waals surface area (Å²) in [5, 5.41) is 2.05. The number of esters is 2. The lowest BCUT2D eigenvalue weighted by Gasteiger charge is -2.11. The second kappa shape index (κ2) is 18.2. The summed E-state index contributed by atoms with van der Waals surface area (Å²) in [6, 6.07) is 27.2. The molecule has 4 nitrogen and oxygen atoms in total. The Labute approximate surface area is 287 Å². The molecule has 0 radical (unpaired) electrons. The van der Waals surface area contributed by atoms with E-state index in [1.165, 1.54) is 24.8 Å². The molecule has 0 heterocycles. The molecule has 48 heavy (non-hydrogen) atoms. The molecule has 4 rings (SSSR count). The molecule has 0 saturated carbocycles. The first-order valence-corrected chi connectivity index (χ1v) is 17.6. The van der Waals surface area contributed by atoms with Crippen molar-refractivity contribution in [2.75, 3.05) is 0 Å². The predicted octanol–water partition coefficient (Wildman–Crippen LogP) is 11.8. The number of ether oxygens (including phenoxy) is 2. The van der Waals surface area contributed by atoms with Gasteiger partial charge < -0.3 is 9.47 Å². The molecule has 0 N–H and O–H groups in total. The van der Waals surface area contributed by atoms with E-state index in [-0.39, 0.29) is 11.9 Å². The van der Waals surface area contributed by atoms with Gasteiger partial charge in [-0.1, -0.05) is 121 Å². The summed E-state index contributed by atoms with van der Waals surface area (Å²) in [5.41, 5.74) is 5.96. The molecule has 252 valence electrons. The van der Waals surface area contributed by atoms with Crippen molar-refractivity contribution in [2.24, 2.45) is 11.8 Å². The fraction of sp³-hybridized carbons (Fsp3) is 0.364. The molecule has 4 aromatic carbocycles. The number of carbonyl (C=O) groups is 2. The van der Waals surface area contributed by atoms with Gasteiger partial charge in [0, 0.05) is 6.42 Å². The summed E-state index contributed by atoms with van der Waals surface area (Å²) >= 11 is 0. The molecule has 0 bridgehead atoms. The van der Waals surface area contributed by atoms with Gasteiger partial charge in [-0.25, -0.2) is 4.79 Å². The molecule has 0 aromatic heterocycles. The maximum atomic E-state index is 13.0. The first-order valence-electron chi connectivity index (χ1n) is 17.6. The highest BCUT2D eigenvalue weighted by atomic mass is 16.5. The van der Waals surface area contributed by atoms with Gasteiger partial charge in [0.25, 0.3) is 0 Å². The second-order valence-electron chi connectivity index (χ2n) is 13.4. The number of fused-ring (bicyclic) bond motifs is 1. The average Bonchev–Trinajstić information content (AvgIpc) is 3.08. The topological polar surface area (TPSA) is 52.6 Å². The number of rotatable bonds is 18. The molecule has 2 atom stereocenters. The third-order valence-electron chi connectivity index (χ3n) is 9.34. The Balaban J connectivity index is 1.30. The average molecular weight is 645 g/mol. The van der Waals surface area contributed by atoms with E-state index in [1.54, 1.807) is 0 Å². The fourth-order valence-electron chi connectivity index (χ4n) is 5.74. The van der Waals surface area contributed by atoms with Crippen molar-refractivity contribution in [2.45, 2.75) is 91.9 Å². The van der Waals surface area contributed by atoms with Crippen molar-refractivity contribution >= 4 is 28.3 Å². The Bertz CT molecular complexity index is 1560. The summed E-state index contributed by atoms with van der Waals surface area (Å²) in [6.07, 6.45) is 9.60. The number of hydrogen-bond acceptors (Lipinski definition) is 4. The smallest absolute Gasteiger partial charge is 0.343 e. The first-order chi connectivity index (χ1) is 23.1. The zero-order valence-electron chi connectivity index (χ0n) is 29.4. The molecule has 0 saturated heterocycles. The predicted molar refractivity (Wildman–Crippen MR) is 200 cm³/mol. The van der Waals surface area contributed by atoms with Crippen LogP contribution < -0.4 is 9.47 Å². The van der Waals surface area contributed by atoms with E-state index in [0.717, 1.165) is 71.1 Å². The third kappa shape index (κ3) is 11.4. The van der Waals surface area contributed by atoms with Crippen molar-refractivity contribution in [1.82, 2.24) is 0 Å². The van der Waals surface area contributed by atoms with Gasteiger partial charge in [0.15, 0.2) is 0 Å². The minimum atomic E-state index is -0.377. The third-order valence-corrected chi connectivity index (χ3v) is 9.34. The SMILES string of the molecule is C=C(CCCC(C)CC)Cc1ccc(C(=O)Oc2ccc3ccc(CC(=C)c4ccc(OC(=O)CCCC(C)CC)cc4)cc3c2)cc1. The van der Waals surface area contributed by atoms with Gasteiger partial charge in [0.05, 0.1) is 5.56 Å². The Kier molecular flexibility index (Phi) is 13.8. The van der Waals surface area contributed by atoms with Crippen molar-refractivity contribution in [1.29, 1.82) is 0 Å². The van der Waals surface area contributed by atoms with Crippen LogP contribution in [0.15, 0.2) is 104 Å². The second-order valence-corrected chi connectivity index (χ2v) is 13.4. The summed E-state index contributed by atoms with van der Waals surface area (Å²) in [5.74, 6) is 1.88. The van der Waals surface area contributed by atoms with Crippen LogP contribution in [0.5, 0.6) is 11.5 Å². The summed E-state index contributed by atoms with van der Waals surface area (Å²) < 4.78 is 11.3. The Morgan fingerprint density at radius 3 is 1.88 bits per heavy atom. The van der Waals surface area contributed by atoms with Gasteiger partial charge in [-0.15, -0.1) is 0 Å². The fourth-order valence-corrected chi connectivity index (χ4v) is 5.74. The van der Waals surface area contributed by atoms with Crippen LogP contribution in [0, 0.1) is 11.8 Å². The lowest BCUT2D eigenvalue weighted by atomic mass is 9.96. The molecule has 0 fully saturated rings. The van der Waals surface area contributed by atoms with E-state index in [9.17, 15) is 9.59 Å². The quantitative estimate of drug-likeness (QED) is 0.0614. The van der Waals surface area contributed by atoms with E-state index < -0.39 is 0 Å². The van der Waals surface area contributed by atoms with Gasteiger partial charge in [-0.05, 0) is 113 Å². The summed E-state index contributed by atoms with van der Waals surface area (Å²) in [4.78, 5) is 25.2. The van der Waals surface area contributed by atoms with E-state index in [0.29, 0.717) is 35.8 Å². The number of hydrogen-bond donors (Lipinski definition) is 0. The molecule has 0 aliphatic heterocycles. The number of benzene rings is 4. The minimum absolute atomic E-state index is 0.191. The zero-order valence-corrected chi connectivity index (χ0v) is 29.4. The van der Waals surface area contributed by atoms with Crippen LogP contribution in [0.25, 0.3) is 16.3 Å². The monoisotopic (exact) mass is 644 g/mol. The highest BCUT2D eigenvalue weighted by Crippen LogP contribution is 2.27. The molecule has 0 aliphatic carbocycles. The largest absolute Gasteiger partial charge is 0.427 e. The number of carbonyl (C=O) groups excluding carboxylic acids is 2. The lowest BCUT2D eigenvalue weighted by molar-refractivity contribution is -0.134. The maximum absolute atomic E-state index is 13.0. The molecular weight excluding hydrogens is 592 g/mol. The van der Waals surface area contributed by atoms with Crippen molar-refractivity contribution < 1.29 is 19.1 Å². The van der Waals surface area contributed by atoms with Gasteiger partial charge in [-0.2, -0.15) is 0 Å². The van der Waals surface area contributed by atoms with Crippen LogP contribution in [-0.4, -0.2) is 11.9 Å². The van der Waals surface area contributed by atoms with E-state index >= 15 is 0 Å². The Hall–Kier alpha value is -4.44. The summed E-state index contributed by atoms with van der Waals surface area (Å²) in [6.45, 7) is 17.5. The highest BCUT2D eigenvalue weighted by molar-refractivity contribution is 5.92. The molecule has 0 spiro atoms. The molecule has 0 amide bonds. The molecule has 4 aromatic rings. The van der Waals surface area contributed by atoms with Crippen LogP contribution in [0.3, 0.4) is 0 Å². The van der Waals surface area contributed by atoms with E-state index in [4.69, 9.17) is 9.47 Å². The standard InChI is InChI=1S/C44H52O4/c1-7-31(3)11-9-13-33(5)27-35-15-19-39(20-16-35)44(46)48-42-26-23-38-18-17-36(29-40(38)30-42)28-34(6)37-21-24-41(25-22-37)47-43(45)14-10-12-32(4)8-2/h15-26,29-32H,5-14,27-28H2,1-4H3. The zero-order chi connectivity index (χ0) is 34.5. The Morgan fingerprint density at radius 2 is 1.21 bits per heavy atom. The normalized spacial score (nSPS) is 12.3. The van der Waals surface area contributed by atoms with E-state index in [1.807, 2.05) is 66.7 Å². The van der Waals surface area contributed by atoms with Crippen LogP contribution in [0.1, 0.15) is 106 Å². The van der Waals surface area contributed by atoms with Gasteiger partial charge in [0.2, 0.25) is 0 Å². The van der Waals surface area contributed by atoms with Crippen LogP contribution in [0.2, 0.25) is 0 Å². The van der Waals surface area contributed by atoms with Crippen LogP contribution in [-0.2, 0) is 17.6 Å². The minimum Gasteiger partial charge on any atom is -0.427 e. The van der Waals surface area contributed by atoms with Gasteiger partial charge in [0.1, 0.15) is 11.5 Å². The van der Waals surface area contributed by atoms with Gasteiger partial charge in [-0.3, -0.25) is 4.79 Å². The molecule has 2 unspecified atom stereocenters. The van der Waals surface area contributed by atoms with Crippen molar-refractivity contribution in [3.63, 3.8) is 0 Å². The molecule has 0 aliphatic rings. The molecule has 4 heteroatoms. The Morgan fingerprint density at radius 1 is 0.625 bits per heavy atom. The summed E-state index contributed by atoms with van der Waals surface area (Å²) in [7, 11) is 0. The van der Waals surface area contributed by atoms with Crippen molar-refractivity contribution in [3.8, 4) is 11.5 Å². The van der Waals surface area contributed by atoms with Gasteiger partial charge >= 0.3 is 11.9 Å². The highest BCUT2D eigenvalue weighted by Gasteiger charge is 2.12. The van der Waals surface area contributed by atoms with Crippen molar-refractivity contribution in [3.05, 3.63) is 126 Å². The lowest BCUT2D eigenvalue weighted by Crippen LogP contribution is -2.08. The number of allylic oxidation sites excluding steroid dienone is 2. The molecular formula is C44H52O4. The van der Waals surface area contributed by atoms with E-state index in [2.05, 4.69) is 59.1 Å². The van der Waals surface area contributed by atoms with Crippen LogP contribution >= 0.6 is 0 Å².